The number of aromatic nitrogens is 3. The van der Waals surface area contributed by atoms with E-state index in [4.69, 9.17) is 10.7 Å². The number of pyridine rings is 1. The number of nitriles is 1. The second-order valence-corrected chi connectivity index (χ2v) is 8.24. The van der Waals surface area contributed by atoms with Crippen molar-refractivity contribution >= 4 is 28.4 Å². The fourth-order valence-electron chi connectivity index (χ4n) is 3.90. The Bertz CT molecular complexity index is 1430. The van der Waals surface area contributed by atoms with Crippen molar-refractivity contribution in [3.05, 3.63) is 77.5 Å². The number of nitrogens with one attached hydrogen (secondary N) is 2. The van der Waals surface area contributed by atoms with Gasteiger partial charge in [-0.2, -0.15) is 5.26 Å². The van der Waals surface area contributed by atoms with Gasteiger partial charge in [-0.3, -0.25) is 9.78 Å². The third-order valence-corrected chi connectivity index (χ3v) is 5.37. The predicted molar refractivity (Wildman–Crippen MR) is 133 cm³/mol. The number of hydrogen-bond acceptors (Lipinski definition) is 7. The molecule has 0 atom stereocenters. The number of halogens is 1. The topological polar surface area (TPSA) is 130 Å². The van der Waals surface area contributed by atoms with Crippen molar-refractivity contribution in [2.24, 2.45) is 0 Å². The number of carbonyl (C=O) groups excluding carboxylic acids is 1. The minimum Gasteiger partial charge on any atom is -0.382 e. The molecular weight excluding hydrogens is 445 g/mol. The maximum Gasteiger partial charge on any atom is 0.252 e. The molecule has 4 aromatic rings. The van der Waals surface area contributed by atoms with Gasteiger partial charge in [0, 0.05) is 30.0 Å². The number of carbonyl (C=O) groups is 1. The zero-order valence-electron chi connectivity index (χ0n) is 19.3. The summed E-state index contributed by atoms with van der Waals surface area (Å²) in [5, 5.41) is 15.9. The number of hydrogen-bond donors (Lipinski definition) is 3. The highest BCUT2D eigenvalue weighted by Crippen LogP contribution is 2.33. The summed E-state index contributed by atoms with van der Waals surface area (Å²) in [7, 11) is 0. The molecule has 176 valence electrons. The summed E-state index contributed by atoms with van der Waals surface area (Å²) in [4.78, 5) is 26.1. The van der Waals surface area contributed by atoms with E-state index in [1.807, 2.05) is 50.2 Å². The maximum atomic E-state index is 14.3. The number of rotatable bonds is 7. The molecule has 2 aromatic heterocycles. The average Bonchev–Trinajstić information content (AvgIpc) is 2.83. The van der Waals surface area contributed by atoms with Crippen LogP contribution in [0, 0.1) is 17.1 Å². The highest BCUT2D eigenvalue weighted by atomic mass is 19.1. The van der Waals surface area contributed by atoms with E-state index in [2.05, 4.69) is 20.6 Å². The van der Waals surface area contributed by atoms with Crippen LogP contribution in [0.2, 0.25) is 0 Å². The van der Waals surface area contributed by atoms with Crippen LogP contribution in [0.1, 0.15) is 35.5 Å². The monoisotopic (exact) mass is 469 g/mol. The molecule has 2 aromatic carbocycles. The minimum absolute atomic E-state index is 0.0912. The zero-order chi connectivity index (χ0) is 24.9. The molecular formula is C26H24FN7O. The third kappa shape index (κ3) is 5.01. The van der Waals surface area contributed by atoms with Crippen LogP contribution < -0.4 is 16.4 Å². The molecule has 0 fully saturated rings. The van der Waals surface area contributed by atoms with E-state index in [-0.39, 0.29) is 23.3 Å². The van der Waals surface area contributed by atoms with Crippen molar-refractivity contribution in [2.45, 2.75) is 26.3 Å². The molecule has 4 rings (SSSR count). The van der Waals surface area contributed by atoms with E-state index < -0.39 is 5.82 Å². The average molecular weight is 470 g/mol. The summed E-state index contributed by atoms with van der Waals surface area (Å²) in [6.07, 6.45) is 1.68. The molecule has 0 radical (unpaired) electrons. The van der Waals surface area contributed by atoms with Crippen molar-refractivity contribution in [3.63, 3.8) is 0 Å². The number of benzene rings is 2. The lowest BCUT2D eigenvalue weighted by Gasteiger charge is -2.19. The van der Waals surface area contributed by atoms with Crippen molar-refractivity contribution in [1.29, 1.82) is 5.26 Å². The highest BCUT2D eigenvalue weighted by molar-refractivity contribution is 6.12. The summed E-state index contributed by atoms with van der Waals surface area (Å²) in [5.74, 6) is -0.339. The Hall–Kier alpha value is -4.58. The second-order valence-electron chi connectivity index (χ2n) is 8.24. The van der Waals surface area contributed by atoms with E-state index in [9.17, 15) is 14.4 Å². The Kier molecular flexibility index (Phi) is 6.83. The molecule has 2 heterocycles. The van der Waals surface area contributed by atoms with Crippen LogP contribution in [0.15, 0.2) is 54.9 Å². The third-order valence-electron chi connectivity index (χ3n) is 5.37. The van der Waals surface area contributed by atoms with Gasteiger partial charge in [0.25, 0.3) is 5.91 Å². The quantitative estimate of drug-likeness (QED) is 0.372. The van der Waals surface area contributed by atoms with Gasteiger partial charge in [0.05, 0.1) is 16.8 Å². The number of nitrogens with zero attached hydrogens (tertiary/aromatic N) is 4. The van der Waals surface area contributed by atoms with Crippen LogP contribution in [0.3, 0.4) is 0 Å². The molecule has 8 nitrogen and oxygen atoms in total. The van der Waals surface area contributed by atoms with E-state index in [1.165, 1.54) is 18.5 Å². The van der Waals surface area contributed by atoms with Gasteiger partial charge in [-0.25, -0.2) is 14.4 Å². The molecule has 0 aliphatic heterocycles. The number of nitrogen functional groups attached to an aromatic ring is 1. The van der Waals surface area contributed by atoms with E-state index in [1.54, 1.807) is 6.07 Å². The van der Waals surface area contributed by atoms with Crippen LogP contribution >= 0.6 is 0 Å². The fraction of sp³-hybridized carbons (Fsp3) is 0.192. The van der Waals surface area contributed by atoms with Gasteiger partial charge in [0.2, 0.25) is 0 Å². The summed E-state index contributed by atoms with van der Waals surface area (Å²) < 4.78 is 14.3. The molecule has 0 saturated heterocycles. The molecule has 0 saturated carbocycles. The first-order chi connectivity index (χ1) is 16.9. The molecule has 9 heteroatoms. The summed E-state index contributed by atoms with van der Waals surface area (Å²) >= 11 is 0. The van der Waals surface area contributed by atoms with Gasteiger partial charge in [-0.05, 0) is 37.6 Å². The standard InChI is InChI=1S/C26H24FN7O/c1-15(2)33-26(35)23-18-12-17(27)8-9-20(18)34-21(22(23)16-6-4-3-5-7-16)10-11-30-25-19(13-28)24(29)31-14-32-25/h3-9,12,14-15H,10-11H2,1-2H3,(H,33,35)(H3,29,30,31,32). The van der Waals surface area contributed by atoms with Crippen LogP contribution in [-0.4, -0.2) is 33.4 Å². The van der Waals surface area contributed by atoms with Gasteiger partial charge in [-0.15, -0.1) is 0 Å². The molecule has 1 amide bonds. The predicted octanol–water partition coefficient (Wildman–Crippen LogP) is 4.08. The molecule has 0 aliphatic rings. The van der Waals surface area contributed by atoms with E-state index >= 15 is 0 Å². The SMILES string of the molecule is CC(C)NC(=O)c1c(-c2ccccc2)c(CCNc2ncnc(N)c2C#N)nc2ccc(F)cc12. The van der Waals surface area contributed by atoms with Gasteiger partial charge in [0.15, 0.2) is 0 Å². The number of nitrogens with two attached hydrogens (primary N) is 1. The van der Waals surface area contributed by atoms with Gasteiger partial charge in [0.1, 0.15) is 35.4 Å². The normalized spacial score (nSPS) is 10.8. The van der Waals surface area contributed by atoms with Gasteiger partial charge >= 0.3 is 0 Å². The van der Waals surface area contributed by atoms with E-state index in [0.717, 1.165) is 5.56 Å². The summed E-state index contributed by atoms with van der Waals surface area (Å²) in [6, 6.07) is 15.6. The number of amides is 1. The Morgan fingerprint density at radius 1 is 1.17 bits per heavy atom. The first kappa shape index (κ1) is 23.6. The highest BCUT2D eigenvalue weighted by Gasteiger charge is 2.23. The number of anilines is 2. The zero-order valence-corrected chi connectivity index (χ0v) is 19.3. The lowest BCUT2D eigenvalue weighted by molar-refractivity contribution is 0.0945. The van der Waals surface area contributed by atoms with Crippen LogP contribution in [0.4, 0.5) is 16.0 Å². The van der Waals surface area contributed by atoms with Crippen molar-refractivity contribution < 1.29 is 9.18 Å². The van der Waals surface area contributed by atoms with Crippen LogP contribution in [-0.2, 0) is 6.42 Å². The lowest BCUT2D eigenvalue weighted by atomic mass is 9.92. The molecule has 0 bridgehead atoms. The summed E-state index contributed by atoms with van der Waals surface area (Å²) in [5.41, 5.74) is 8.90. The van der Waals surface area contributed by atoms with Crippen molar-refractivity contribution in [2.75, 3.05) is 17.6 Å². The molecule has 35 heavy (non-hydrogen) atoms. The van der Waals surface area contributed by atoms with Gasteiger partial charge < -0.3 is 16.4 Å². The Labute approximate surface area is 202 Å². The van der Waals surface area contributed by atoms with Gasteiger partial charge in [-0.1, -0.05) is 30.3 Å². The largest absolute Gasteiger partial charge is 0.382 e. The second kappa shape index (κ2) is 10.1. The lowest BCUT2D eigenvalue weighted by Crippen LogP contribution is -2.31. The van der Waals surface area contributed by atoms with Crippen molar-refractivity contribution in [3.8, 4) is 17.2 Å². The maximum absolute atomic E-state index is 14.3. The Balaban J connectivity index is 1.83. The molecule has 0 spiro atoms. The first-order valence-electron chi connectivity index (χ1n) is 11.1. The fourth-order valence-corrected chi connectivity index (χ4v) is 3.90. The summed E-state index contributed by atoms with van der Waals surface area (Å²) in [6.45, 7) is 4.10. The van der Waals surface area contributed by atoms with E-state index in [0.29, 0.717) is 46.5 Å². The Morgan fingerprint density at radius 2 is 1.94 bits per heavy atom. The molecule has 4 N–H and O–H groups in total. The van der Waals surface area contributed by atoms with Crippen LogP contribution in [0.5, 0.6) is 0 Å². The smallest absolute Gasteiger partial charge is 0.252 e. The van der Waals surface area contributed by atoms with Crippen LogP contribution in [0.25, 0.3) is 22.0 Å². The Morgan fingerprint density at radius 3 is 2.66 bits per heavy atom. The molecule has 0 aliphatic carbocycles. The minimum atomic E-state index is -0.447. The van der Waals surface area contributed by atoms with Crippen molar-refractivity contribution in [1.82, 2.24) is 20.3 Å². The number of fused-ring (bicyclic) bond motifs is 1. The molecule has 0 unspecified atom stereocenters. The first-order valence-corrected chi connectivity index (χ1v) is 11.1.